The molecular formula is C54H42N12. The van der Waals surface area contributed by atoms with Crippen molar-refractivity contribution in [2.75, 3.05) is 29.4 Å². The number of allylic oxidation sites excluding steroid dienone is 9. The van der Waals surface area contributed by atoms with Crippen LogP contribution in [0.25, 0.3) is 0 Å². The first-order chi connectivity index (χ1) is 32.8. The molecule has 12 nitrogen and oxygen atoms in total. The van der Waals surface area contributed by atoms with Gasteiger partial charge in [-0.05, 0) is 130 Å². The first-order valence-corrected chi connectivity index (χ1v) is 22.6. The summed E-state index contributed by atoms with van der Waals surface area (Å²) < 4.78 is 0. The van der Waals surface area contributed by atoms with Crippen molar-refractivity contribution in [2.45, 2.75) is 38.5 Å². The van der Waals surface area contributed by atoms with Crippen LogP contribution in [0, 0.1) is 0 Å². The third kappa shape index (κ3) is 5.98. The number of rotatable bonds is 6. The van der Waals surface area contributed by atoms with Crippen molar-refractivity contribution in [2.24, 2.45) is 0 Å². The maximum Gasteiger partial charge on any atom is 0.241 e. The summed E-state index contributed by atoms with van der Waals surface area (Å²) in [5, 5.41) is 0. The van der Waals surface area contributed by atoms with E-state index in [4.69, 9.17) is 29.9 Å². The number of pyridine rings is 3. The lowest BCUT2D eigenvalue weighted by Crippen LogP contribution is -2.36. The Labute approximate surface area is 382 Å². The van der Waals surface area contributed by atoms with E-state index in [9.17, 15) is 0 Å². The highest BCUT2D eigenvalue weighted by Crippen LogP contribution is 2.53. The normalized spacial score (nSPS) is 17.1. The van der Waals surface area contributed by atoms with Crippen molar-refractivity contribution in [3.05, 3.63) is 217 Å². The molecule has 7 heterocycles. The Morgan fingerprint density at radius 2 is 0.576 bits per heavy atom. The highest BCUT2D eigenvalue weighted by molar-refractivity contribution is 5.93. The van der Waals surface area contributed by atoms with E-state index in [0.29, 0.717) is 17.8 Å². The average Bonchev–Trinajstić information content (AvgIpc) is 3.39. The molecule has 0 radical (unpaired) electrons. The zero-order chi connectivity index (χ0) is 43.6. The molecule has 3 aromatic carbocycles. The van der Waals surface area contributed by atoms with E-state index in [-0.39, 0.29) is 0 Å². The Morgan fingerprint density at radius 1 is 0.303 bits per heavy atom. The van der Waals surface area contributed by atoms with Crippen LogP contribution < -0.4 is 29.4 Å². The molecule has 13 rings (SSSR count). The van der Waals surface area contributed by atoms with Gasteiger partial charge in [0.1, 0.15) is 17.5 Å². The molecule has 3 aliphatic heterocycles. The Morgan fingerprint density at radius 3 is 0.848 bits per heavy atom. The van der Waals surface area contributed by atoms with Gasteiger partial charge in [-0.2, -0.15) is 15.0 Å². The minimum absolute atomic E-state index is 0.500. The minimum atomic E-state index is 0.500. The lowest BCUT2D eigenvalue weighted by molar-refractivity contribution is 0.824. The van der Waals surface area contributed by atoms with Gasteiger partial charge in [0, 0.05) is 35.7 Å². The zero-order valence-electron chi connectivity index (χ0n) is 35.9. The highest BCUT2D eigenvalue weighted by Gasteiger charge is 2.40. The molecule has 12 heteroatoms. The molecular weight excluding hydrogens is 817 g/mol. The first-order valence-electron chi connectivity index (χ1n) is 22.6. The van der Waals surface area contributed by atoms with Gasteiger partial charge in [0.25, 0.3) is 0 Å². The molecule has 0 saturated carbocycles. The number of para-hydroxylation sites is 6. The summed E-state index contributed by atoms with van der Waals surface area (Å²) in [6.45, 7) is 0. The monoisotopic (exact) mass is 858 g/mol. The molecule has 4 aromatic heterocycles. The van der Waals surface area contributed by atoms with Crippen molar-refractivity contribution in [3.8, 4) is 0 Å². The van der Waals surface area contributed by atoms with Crippen molar-refractivity contribution in [3.63, 3.8) is 0 Å². The number of aromatic nitrogens is 6. The molecule has 6 aliphatic rings. The Balaban J connectivity index is 1.09. The zero-order valence-corrected chi connectivity index (χ0v) is 35.9. The molecule has 318 valence electrons. The molecule has 66 heavy (non-hydrogen) atoms. The van der Waals surface area contributed by atoms with Crippen LogP contribution >= 0.6 is 0 Å². The highest BCUT2D eigenvalue weighted by atomic mass is 15.4. The van der Waals surface area contributed by atoms with Crippen molar-refractivity contribution >= 4 is 69.4 Å². The van der Waals surface area contributed by atoms with Crippen LogP contribution in [0.15, 0.2) is 217 Å². The number of benzene rings is 3. The average molecular weight is 859 g/mol. The van der Waals surface area contributed by atoms with Gasteiger partial charge in [-0.15, -0.1) is 0 Å². The Bertz CT molecular complexity index is 2890. The van der Waals surface area contributed by atoms with Crippen molar-refractivity contribution in [1.29, 1.82) is 0 Å². The molecule has 0 spiro atoms. The van der Waals surface area contributed by atoms with Gasteiger partial charge >= 0.3 is 0 Å². The standard InChI is InChI=1S/C54H42N12/c1-7-25-43-37(19-1)61(49-31-13-16-34-55-49)38-20-2-8-26-44(38)64(43)52-58-53(65-45-27-9-3-21-39(45)62(50-32-14-17-35-56-50)40-22-4-10-28-46(40)65)60-54(59-52)66-47-29-11-5-23-41(47)63(51-33-15-18-36-57-51)42-24-6-12-30-48(42)66/h1,3,5,7-19,21,23,25-36H,2,4,6,20,22,24H2. The van der Waals surface area contributed by atoms with Crippen LogP contribution in [0.5, 0.6) is 0 Å². The van der Waals surface area contributed by atoms with Crippen LogP contribution in [-0.4, -0.2) is 29.9 Å². The molecule has 0 amide bonds. The first kappa shape index (κ1) is 37.9. The van der Waals surface area contributed by atoms with E-state index in [1.807, 2.05) is 55.0 Å². The fraction of sp³-hybridized carbons (Fsp3) is 0.111. The second-order valence-electron chi connectivity index (χ2n) is 16.6. The number of hydrogen-bond donors (Lipinski definition) is 0. The molecule has 7 aromatic rings. The fourth-order valence-corrected chi connectivity index (χ4v) is 10.1. The number of nitrogens with zero attached hydrogens (tertiary/aromatic N) is 12. The van der Waals surface area contributed by atoms with Crippen molar-refractivity contribution < 1.29 is 0 Å². The second-order valence-corrected chi connectivity index (χ2v) is 16.6. The largest absolute Gasteiger partial charge is 0.295 e. The fourth-order valence-electron chi connectivity index (χ4n) is 10.1. The number of fused-ring (bicyclic) bond motifs is 3. The van der Waals surface area contributed by atoms with Crippen LogP contribution in [0.2, 0.25) is 0 Å². The summed E-state index contributed by atoms with van der Waals surface area (Å²) in [6, 6.07) is 43.7. The lowest BCUT2D eigenvalue weighted by Gasteiger charge is -2.43. The SMILES string of the molecule is C1=CC2=C(CC1)N(c1ccccn1)c1ccccc1N2c1nc(N2C3=C(CCC=C3)N(c3ccccn3)c3ccccc32)nc(N2C3=C(CCC=C3)N(c3ccccn3)c3ccccc32)n1. The maximum absolute atomic E-state index is 5.62. The molecule has 0 N–H and O–H groups in total. The van der Waals surface area contributed by atoms with Gasteiger partial charge in [0.2, 0.25) is 17.8 Å². The van der Waals surface area contributed by atoms with Crippen LogP contribution in [-0.2, 0) is 0 Å². The molecule has 0 atom stereocenters. The quantitative estimate of drug-likeness (QED) is 0.159. The summed E-state index contributed by atoms with van der Waals surface area (Å²) in [6.07, 6.45) is 24.1. The second kappa shape index (κ2) is 15.6. The smallest absolute Gasteiger partial charge is 0.241 e. The van der Waals surface area contributed by atoms with Crippen LogP contribution in [0.4, 0.5) is 69.4 Å². The predicted molar refractivity (Wildman–Crippen MR) is 261 cm³/mol. The van der Waals surface area contributed by atoms with E-state index in [0.717, 1.165) is 124 Å². The molecule has 0 bridgehead atoms. The Kier molecular flexibility index (Phi) is 8.93. The van der Waals surface area contributed by atoms with E-state index >= 15 is 0 Å². The number of hydrogen-bond acceptors (Lipinski definition) is 12. The number of anilines is 12. The van der Waals surface area contributed by atoms with Crippen LogP contribution in [0.3, 0.4) is 0 Å². The van der Waals surface area contributed by atoms with E-state index < -0.39 is 0 Å². The van der Waals surface area contributed by atoms with Gasteiger partial charge in [-0.1, -0.05) is 72.8 Å². The molecule has 3 aliphatic carbocycles. The van der Waals surface area contributed by atoms with Crippen LogP contribution in [0.1, 0.15) is 38.5 Å². The van der Waals surface area contributed by atoms with E-state index in [2.05, 4.69) is 157 Å². The topological polar surface area (TPSA) is 96.8 Å². The van der Waals surface area contributed by atoms with E-state index in [1.165, 1.54) is 0 Å². The summed E-state index contributed by atoms with van der Waals surface area (Å²) in [7, 11) is 0. The van der Waals surface area contributed by atoms with Gasteiger partial charge in [0.05, 0.1) is 51.2 Å². The third-order valence-electron chi connectivity index (χ3n) is 12.8. The summed E-state index contributed by atoms with van der Waals surface area (Å²) in [5.74, 6) is 4.09. The molecule has 0 saturated heterocycles. The molecule has 0 fully saturated rings. The predicted octanol–water partition coefficient (Wildman–Crippen LogP) is 12.6. The van der Waals surface area contributed by atoms with E-state index in [1.54, 1.807) is 0 Å². The minimum Gasteiger partial charge on any atom is -0.295 e. The third-order valence-corrected chi connectivity index (χ3v) is 12.8. The summed E-state index contributed by atoms with van der Waals surface area (Å²) >= 11 is 0. The summed E-state index contributed by atoms with van der Waals surface area (Å²) in [5.41, 5.74) is 12.2. The Hall–Kier alpha value is -8.64. The van der Waals surface area contributed by atoms with Gasteiger partial charge < -0.3 is 0 Å². The summed E-state index contributed by atoms with van der Waals surface area (Å²) in [4.78, 5) is 45.0. The maximum atomic E-state index is 5.62. The van der Waals surface area contributed by atoms with Gasteiger partial charge in [0.15, 0.2) is 0 Å². The lowest BCUT2D eigenvalue weighted by atomic mass is 10.00. The molecule has 0 unspecified atom stereocenters. The van der Waals surface area contributed by atoms with Gasteiger partial charge in [-0.3, -0.25) is 29.4 Å². The van der Waals surface area contributed by atoms with Crippen molar-refractivity contribution in [1.82, 2.24) is 29.9 Å². The van der Waals surface area contributed by atoms with Gasteiger partial charge in [-0.25, -0.2) is 15.0 Å².